The van der Waals surface area contributed by atoms with Gasteiger partial charge >= 0.3 is 12.0 Å². The Morgan fingerprint density at radius 1 is 1.35 bits per heavy atom. The summed E-state index contributed by atoms with van der Waals surface area (Å²) in [4.78, 5) is 22.8. The van der Waals surface area contributed by atoms with E-state index < -0.39 is 12.0 Å². The maximum atomic E-state index is 11.8. The molecule has 0 bridgehead atoms. The molecule has 1 aromatic rings. The van der Waals surface area contributed by atoms with Crippen molar-refractivity contribution >= 4 is 17.7 Å². The molecule has 0 fully saturated rings. The Hall–Kier alpha value is -2.24. The minimum Gasteiger partial charge on any atom is -0.508 e. The molecule has 1 aromatic carbocycles. The lowest BCUT2D eigenvalue weighted by Crippen LogP contribution is -2.36. The molecule has 20 heavy (non-hydrogen) atoms. The highest BCUT2D eigenvalue weighted by atomic mass is 16.4. The highest BCUT2D eigenvalue weighted by Crippen LogP contribution is 2.21. The lowest BCUT2D eigenvalue weighted by molar-refractivity contribution is 0.0697. The van der Waals surface area contributed by atoms with Crippen molar-refractivity contribution in [3.05, 3.63) is 23.8 Å². The van der Waals surface area contributed by atoms with E-state index in [0.29, 0.717) is 0 Å². The van der Waals surface area contributed by atoms with Gasteiger partial charge in [-0.1, -0.05) is 19.8 Å². The normalized spacial score (nSPS) is 11.7. The van der Waals surface area contributed by atoms with Crippen molar-refractivity contribution < 1.29 is 19.8 Å². The summed E-state index contributed by atoms with van der Waals surface area (Å²) in [5.74, 6) is -1.38. The number of rotatable bonds is 6. The number of phenolic OH excluding ortho intramolecular Hbond substituents is 1. The fourth-order valence-corrected chi connectivity index (χ4v) is 1.78. The van der Waals surface area contributed by atoms with Gasteiger partial charge in [-0.2, -0.15) is 0 Å². The van der Waals surface area contributed by atoms with Gasteiger partial charge in [0.05, 0.1) is 11.3 Å². The molecule has 6 heteroatoms. The van der Waals surface area contributed by atoms with Crippen molar-refractivity contribution in [1.82, 2.24) is 5.32 Å². The van der Waals surface area contributed by atoms with Crippen LogP contribution in [-0.4, -0.2) is 28.3 Å². The lowest BCUT2D eigenvalue weighted by atomic mass is 10.1. The number of phenols is 1. The first-order valence-electron chi connectivity index (χ1n) is 6.57. The minimum atomic E-state index is -1.21. The third kappa shape index (κ3) is 4.79. The van der Waals surface area contributed by atoms with E-state index in [0.717, 1.165) is 25.3 Å². The molecule has 0 radical (unpaired) electrons. The molecule has 0 aliphatic carbocycles. The standard InChI is InChI=1S/C14H20N2O4/c1-3-4-5-9(2)15-14(20)16-12-7-6-10(17)8-11(12)13(18)19/h6-9,17H,3-5H2,1-2H3,(H,18,19)(H2,15,16,20). The number of aromatic carboxylic acids is 1. The van der Waals surface area contributed by atoms with E-state index in [1.54, 1.807) is 0 Å². The Labute approximate surface area is 117 Å². The molecular formula is C14H20N2O4. The summed E-state index contributed by atoms with van der Waals surface area (Å²) in [6, 6.07) is 3.33. The number of unbranched alkanes of at least 4 members (excludes halogenated alkanes) is 1. The molecule has 0 saturated heterocycles. The monoisotopic (exact) mass is 280 g/mol. The molecule has 0 spiro atoms. The number of hydrogen-bond acceptors (Lipinski definition) is 3. The predicted molar refractivity (Wildman–Crippen MR) is 76.2 cm³/mol. The van der Waals surface area contributed by atoms with Gasteiger partial charge in [0.2, 0.25) is 0 Å². The molecule has 110 valence electrons. The van der Waals surface area contributed by atoms with E-state index in [-0.39, 0.29) is 23.0 Å². The van der Waals surface area contributed by atoms with E-state index >= 15 is 0 Å². The van der Waals surface area contributed by atoms with Gasteiger partial charge in [0.1, 0.15) is 5.75 Å². The summed E-state index contributed by atoms with van der Waals surface area (Å²) < 4.78 is 0. The highest BCUT2D eigenvalue weighted by molar-refractivity contribution is 6.00. The average Bonchev–Trinajstić information content (AvgIpc) is 2.38. The molecule has 0 heterocycles. The van der Waals surface area contributed by atoms with Gasteiger partial charge in [-0.3, -0.25) is 0 Å². The molecule has 0 aliphatic heterocycles. The number of benzene rings is 1. The third-order valence-corrected chi connectivity index (χ3v) is 2.85. The third-order valence-electron chi connectivity index (χ3n) is 2.85. The van der Waals surface area contributed by atoms with Crippen LogP contribution in [-0.2, 0) is 0 Å². The molecule has 0 aliphatic rings. The van der Waals surface area contributed by atoms with Crippen LogP contribution in [0.1, 0.15) is 43.5 Å². The van der Waals surface area contributed by atoms with Crippen LogP contribution in [0.4, 0.5) is 10.5 Å². The van der Waals surface area contributed by atoms with E-state index in [4.69, 9.17) is 5.11 Å². The number of urea groups is 1. The second-order valence-electron chi connectivity index (χ2n) is 4.68. The van der Waals surface area contributed by atoms with Crippen LogP contribution in [0.2, 0.25) is 0 Å². The van der Waals surface area contributed by atoms with Gasteiger partial charge in [0.25, 0.3) is 0 Å². The van der Waals surface area contributed by atoms with Crippen LogP contribution in [0.15, 0.2) is 18.2 Å². The lowest BCUT2D eigenvalue weighted by Gasteiger charge is -2.15. The first-order valence-corrected chi connectivity index (χ1v) is 6.57. The van der Waals surface area contributed by atoms with Gasteiger partial charge in [-0.25, -0.2) is 9.59 Å². The van der Waals surface area contributed by atoms with Crippen LogP contribution >= 0.6 is 0 Å². The Bertz CT molecular complexity index is 488. The first kappa shape index (κ1) is 15.8. The maximum Gasteiger partial charge on any atom is 0.337 e. The number of aromatic hydroxyl groups is 1. The van der Waals surface area contributed by atoms with Crippen LogP contribution in [0.25, 0.3) is 0 Å². The van der Waals surface area contributed by atoms with Crippen molar-refractivity contribution in [2.75, 3.05) is 5.32 Å². The van der Waals surface area contributed by atoms with E-state index in [1.165, 1.54) is 12.1 Å². The Morgan fingerprint density at radius 2 is 2.05 bits per heavy atom. The van der Waals surface area contributed by atoms with Crippen molar-refractivity contribution in [2.24, 2.45) is 0 Å². The summed E-state index contributed by atoms with van der Waals surface area (Å²) in [5.41, 5.74) is -0.00291. The number of carboxylic acid groups (broad SMARTS) is 1. The number of carbonyl (C=O) groups excluding carboxylic acids is 1. The number of nitrogens with one attached hydrogen (secondary N) is 2. The molecule has 0 aromatic heterocycles. The molecule has 1 rings (SSSR count). The summed E-state index contributed by atoms with van der Waals surface area (Å²) in [7, 11) is 0. The summed E-state index contributed by atoms with van der Waals surface area (Å²) in [5, 5.41) is 23.5. The highest BCUT2D eigenvalue weighted by Gasteiger charge is 2.14. The molecule has 0 saturated carbocycles. The summed E-state index contributed by atoms with van der Waals surface area (Å²) in [6.45, 7) is 3.96. The fourth-order valence-electron chi connectivity index (χ4n) is 1.78. The number of carbonyl (C=O) groups is 2. The van der Waals surface area contributed by atoms with Crippen LogP contribution < -0.4 is 10.6 Å². The Morgan fingerprint density at radius 3 is 2.65 bits per heavy atom. The van der Waals surface area contributed by atoms with Gasteiger partial charge in [0.15, 0.2) is 0 Å². The zero-order chi connectivity index (χ0) is 15.1. The van der Waals surface area contributed by atoms with Crippen LogP contribution in [0, 0.1) is 0 Å². The van der Waals surface area contributed by atoms with Crippen molar-refractivity contribution in [2.45, 2.75) is 39.2 Å². The molecule has 1 unspecified atom stereocenters. The second-order valence-corrected chi connectivity index (χ2v) is 4.68. The second kappa shape index (κ2) is 7.37. The molecule has 1 atom stereocenters. The summed E-state index contributed by atoms with van der Waals surface area (Å²) >= 11 is 0. The minimum absolute atomic E-state index is 0.0142. The topological polar surface area (TPSA) is 98.7 Å². The maximum absolute atomic E-state index is 11.8. The molecule has 6 nitrogen and oxygen atoms in total. The zero-order valence-corrected chi connectivity index (χ0v) is 11.6. The number of hydrogen-bond donors (Lipinski definition) is 4. The van der Waals surface area contributed by atoms with Gasteiger partial charge in [-0.15, -0.1) is 0 Å². The van der Waals surface area contributed by atoms with Gasteiger partial charge in [0, 0.05) is 6.04 Å². The Balaban J connectivity index is 2.68. The van der Waals surface area contributed by atoms with Gasteiger partial charge < -0.3 is 20.8 Å². The average molecular weight is 280 g/mol. The number of anilines is 1. The van der Waals surface area contributed by atoms with Crippen LogP contribution in [0.3, 0.4) is 0 Å². The van der Waals surface area contributed by atoms with E-state index in [2.05, 4.69) is 17.6 Å². The SMILES string of the molecule is CCCCC(C)NC(=O)Nc1ccc(O)cc1C(=O)O. The Kier molecular flexibility index (Phi) is 5.83. The van der Waals surface area contributed by atoms with E-state index in [1.807, 2.05) is 6.92 Å². The molecule has 2 amide bonds. The molecular weight excluding hydrogens is 260 g/mol. The predicted octanol–water partition coefficient (Wildman–Crippen LogP) is 2.79. The number of carboxylic acids is 1. The van der Waals surface area contributed by atoms with Crippen LogP contribution in [0.5, 0.6) is 5.75 Å². The van der Waals surface area contributed by atoms with Gasteiger partial charge in [-0.05, 0) is 31.5 Å². The van der Waals surface area contributed by atoms with Crippen molar-refractivity contribution in [3.8, 4) is 5.75 Å². The van der Waals surface area contributed by atoms with E-state index in [9.17, 15) is 14.7 Å². The summed E-state index contributed by atoms with van der Waals surface area (Å²) in [6.07, 6.45) is 2.93. The van der Waals surface area contributed by atoms with Crippen molar-refractivity contribution in [3.63, 3.8) is 0 Å². The molecule has 4 N–H and O–H groups in total. The van der Waals surface area contributed by atoms with Crippen molar-refractivity contribution in [1.29, 1.82) is 0 Å². The largest absolute Gasteiger partial charge is 0.508 e. The fraction of sp³-hybridized carbons (Fsp3) is 0.429. The quantitative estimate of drug-likeness (QED) is 0.602. The number of amides is 2. The zero-order valence-electron chi connectivity index (χ0n) is 11.6. The smallest absolute Gasteiger partial charge is 0.337 e. The first-order chi connectivity index (χ1) is 9.43.